The topological polar surface area (TPSA) is 44.8 Å². The van der Waals surface area contributed by atoms with E-state index in [1.54, 1.807) is 38.1 Å². The second-order valence-corrected chi connectivity index (χ2v) is 5.51. The zero-order valence-electron chi connectivity index (χ0n) is 14.8. The van der Waals surface area contributed by atoms with Gasteiger partial charge in [0.1, 0.15) is 11.9 Å². The largest absolute Gasteiger partial charge is 0.483 e. The maximum Gasteiger partial charge on any atom is 0.416 e. The molecule has 27 heavy (non-hydrogen) atoms. The third kappa shape index (κ3) is 6.36. The third-order valence-corrected chi connectivity index (χ3v) is 3.36. The quantitative estimate of drug-likeness (QED) is 0.478. The smallest absolute Gasteiger partial charge is 0.416 e. The summed E-state index contributed by atoms with van der Waals surface area (Å²) in [6.07, 6.45) is -2.05. The summed E-state index contributed by atoms with van der Waals surface area (Å²) in [4.78, 5) is 11.3. The van der Waals surface area contributed by atoms with Crippen molar-refractivity contribution in [1.29, 1.82) is 0 Å². The van der Waals surface area contributed by atoms with E-state index in [9.17, 15) is 18.0 Å². The predicted molar refractivity (Wildman–Crippen MR) is 93.8 cm³/mol. The summed E-state index contributed by atoms with van der Waals surface area (Å²) in [5.74, 6) is 0.503. The van der Waals surface area contributed by atoms with E-state index < -0.39 is 23.8 Å². The number of esters is 1. The van der Waals surface area contributed by atoms with Crippen LogP contribution in [0.1, 0.15) is 19.4 Å². The van der Waals surface area contributed by atoms with Gasteiger partial charge >= 0.3 is 12.1 Å². The van der Waals surface area contributed by atoms with Crippen molar-refractivity contribution in [2.24, 2.45) is 0 Å². The van der Waals surface area contributed by atoms with E-state index in [1.165, 1.54) is 24.3 Å². The minimum Gasteiger partial charge on any atom is -0.483 e. The predicted octanol–water partition coefficient (Wildman–Crippen LogP) is 5.38. The van der Waals surface area contributed by atoms with Gasteiger partial charge in [0.2, 0.25) is 0 Å². The van der Waals surface area contributed by atoms with Gasteiger partial charge < -0.3 is 14.2 Å². The van der Waals surface area contributed by atoms with E-state index in [1.807, 2.05) is 0 Å². The number of hydrogen-bond acceptors (Lipinski definition) is 4. The van der Waals surface area contributed by atoms with Crippen LogP contribution in [0, 0.1) is 0 Å². The lowest BCUT2D eigenvalue weighted by molar-refractivity contribution is -0.138. The Labute approximate surface area is 155 Å². The van der Waals surface area contributed by atoms with Crippen LogP contribution < -0.4 is 9.47 Å². The fraction of sp³-hybridized carbons (Fsp3) is 0.250. The van der Waals surface area contributed by atoms with Crippen LogP contribution in [0.5, 0.6) is 17.2 Å². The molecular formula is C20H19F3O4. The molecule has 0 heterocycles. The molecule has 0 aromatic heterocycles. The number of rotatable bonds is 7. The van der Waals surface area contributed by atoms with Gasteiger partial charge in [-0.15, -0.1) is 0 Å². The van der Waals surface area contributed by atoms with E-state index in [0.717, 1.165) is 12.1 Å². The van der Waals surface area contributed by atoms with E-state index >= 15 is 0 Å². The molecule has 0 N–H and O–H groups in total. The Morgan fingerprint density at radius 2 is 1.70 bits per heavy atom. The molecule has 0 aliphatic heterocycles. The van der Waals surface area contributed by atoms with Crippen molar-refractivity contribution in [3.63, 3.8) is 0 Å². The number of alkyl halides is 3. The van der Waals surface area contributed by atoms with Crippen LogP contribution in [-0.2, 0) is 15.7 Å². The number of para-hydroxylation sites is 2. The van der Waals surface area contributed by atoms with Crippen LogP contribution in [0.15, 0.2) is 60.7 Å². The van der Waals surface area contributed by atoms with E-state index in [-0.39, 0.29) is 12.4 Å². The molecule has 0 spiro atoms. The lowest BCUT2D eigenvalue weighted by Gasteiger charge is -2.15. The van der Waals surface area contributed by atoms with Gasteiger partial charge in [-0.3, -0.25) is 0 Å². The zero-order valence-corrected chi connectivity index (χ0v) is 14.8. The van der Waals surface area contributed by atoms with Crippen LogP contribution in [0.25, 0.3) is 0 Å². The molecule has 7 heteroatoms. The van der Waals surface area contributed by atoms with Gasteiger partial charge in [0, 0.05) is 6.08 Å². The molecule has 0 aliphatic carbocycles. The van der Waals surface area contributed by atoms with Gasteiger partial charge in [0.05, 0.1) is 12.2 Å². The normalized spacial score (nSPS) is 12.6. The first-order valence-electron chi connectivity index (χ1n) is 8.25. The second kappa shape index (κ2) is 9.12. The summed E-state index contributed by atoms with van der Waals surface area (Å²) in [5, 5.41) is 0. The van der Waals surface area contributed by atoms with Gasteiger partial charge in [-0.25, -0.2) is 4.79 Å². The SMILES string of the molecule is CCOC(=O)C=CC(C)Oc1ccccc1Oc1ccc(C(F)(F)F)cc1. The molecule has 0 aliphatic rings. The fourth-order valence-electron chi connectivity index (χ4n) is 2.11. The highest BCUT2D eigenvalue weighted by atomic mass is 19.4. The van der Waals surface area contributed by atoms with Crippen molar-refractivity contribution < 1.29 is 32.2 Å². The lowest BCUT2D eigenvalue weighted by Crippen LogP contribution is -2.10. The molecule has 0 amide bonds. The molecule has 2 aromatic rings. The molecule has 0 fully saturated rings. The Bertz CT molecular complexity index is 783. The Kier molecular flexibility index (Phi) is 6.87. The summed E-state index contributed by atoms with van der Waals surface area (Å²) in [7, 11) is 0. The first-order chi connectivity index (χ1) is 12.8. The van der Waals surface area contributed by atoms with Crippen LogP contribution in [0.2, 0.25) is 0 Å². The van der Waals surface area contributed by atoms with E-state index in [0.29, 0.717) is 11.5 Å². The van der Waals surface area contributed by atoms with E-state index in [4.69, 9.17) is 14.2 Å². The third-order valence-electron chi connectivity index (χ3n) is 3.36. The highest BCUT2D eigenvalue weighted by molar-refractivity contribution is 5.81. The molecule has 1 atom stereocenters. The molecule has 2 rings (SSSR count). The Balaban J connectivity index is 2.08. The molecule has 0 bridgehead atoms. The maximum atomic E-state index is 12.6. The second-order valence-electron chi connectivity index (χ2n) is 5.51. The summed E-state index contributed by atoms with van der Waals surface area (Å²) < 4.78 is 54.0. The average Bonchev–Trinajstić information content (AvgIpc) is 2.62. The van der Waals surface area contributed by atoms with Crippen LogP contribution in [0.3, 0.4) is 0 Å². The highest BCUT2D eigenvalue weighted by Gasteiger charge is 2.30. The van der Waals surface area contributed by atoms with Crippen molar-refractivity contribution in [2.75, 3.05) is 6.61 Å². The Morgan fingerprint density at radius 1 is 1.07 bits per heavy atom. The molecule has 144 valence electrons. The minimum atomic E-state index is -4.40. The summed E-state index contributed by atoms with van der Waals surface area (Å²) in [6, 6.07) is 11.1. The molecule has 4 nitrogen and oxygen atoms in total. The van der Waals surface area contributed by atoms with Crippen LogP contribution in [-0.4, -0.2) is 18.7 Å². The first-order valence-corrected chi connectivity index (χ1v) is 8.25. The van der Waals surface area contributed by atoms with Gasteiger partial charge in [0.25, 0.3) is 0 Å². The van der Waals surface area contributed by atoms with Gasteiger partial charge in [-0.1, -0.05) is 12.1 Å². The van der Waals surface area contributed by atoms with Gasteiger partial charge in [0.15, 0.2) is 11.5 Å². The summed E-state index contributed by atoms with van der Waals surface area (Å²) in [5.41, 5.74) is -0.753. The average molecular weight is 380 g/mol. The van der Waals surface area contributed by atoms with Crippen molar-refractivity contribution in [3.8, 4) is 17.2 Å². The number of carbonyl (C=O) groups excluding carboxylic acids is 1. The first kappa shape index (κ1) is 20.4. The van der Waals surface area contributed by atoms with Crippen molar-refractivity contribution >= 4 is 5.97 Å². The van der Waals surface area contributed by atoms with E-state index in [2.05, 4.69) is 0 Å². The number of carbonyl (C=O) groups is 1. The lowest BCUT2D eigenvalue weighted by atomic mass is 10.2. The minimum absolute atomic E-state index is 0.244. The van der Waals surface area contributed by atoms with Gasteiger partial charge in [-0.05, 0) is 56.3 Å². The summed E-state index contributed by atoms with van der Waals surface area (Å²) in [6.45, 7) is 3.72. The standard InChI is InChI=1S/C20H19F3O4/c1-3-25-19(24)13-8-14(2)26-17-6-4-5-7-18(17)27-16-11-9-15(10-12-16)20(21,22)23/h4-14H,3H2,1-2H3. The van der Waals surface area contributed by atoms with Gasteiger partial charge in [-0.2, -0.15) is 13.2 Å². The molecule has 0 radical (unpaired) electrons. The van der Waals surface area contributed by atoms with Crippen molar-refractivity contribution in [1.82, 2.24) is 0 Å². The monoisotopic (exact) mass is 380 g/mol. The molecule has 1 unspecified atom stereocenters. The number of ether oxygens (including phenoxy) is 3. The van der Waals surface area contributed by atoms with Crippen molar-refractivity contribution in [2.45, 2.75) is 26.1 Å². The molecule has 2 aromatic carbocycles. The summed E-state index contributed by atoms with van der Waals surface area (Å²) >= 11 is 0. The molecule has 0 saturated carbocycles. The maximum absolute atomic E-state index is 12.6. The Morgan fingerprint density at radius 3 is 2.30 bits per heavy atom. The number of halogens is 3. The highest BCUT2D eigenvalue weighted by Crippen LogP contribution is 2.34. The number of benzene rings is 2. The van der Waals surface area contributed by atoms with Crippen molar-refractivity contribution in [3.05, 3.63) is 66.2 Å². The zero-order chi connectivity index (χ0) is 19.9. The number of hydrogen-bond donors (Lipinski definition) is 0. The fourth-order valence-corrected chi connectivity index (χ4v) is 2.11. The molecular weight excluding hydrogens is 361 g/mol. The van der Waals surface area contributed by atoms with Crippen LogP contribution in [0.4, 0.5) is 13.2 Å². The molecule has 0 saturated heterocycles. The van der Waals surface area contributed by atoms with Crippen LogP contribution >= 0.6 is 0 Å². The Hall–Kier alpha value is -2.96.